The minimum atomic E-state index is 0. The van der Waals surface area contributed by atoms with Gasteiger partial charge in [-0.2, -0.15) is 0 Å². The van der Waals surface area contributed by atoms with Crippen molar-refractivity contribution in [3.05, 3.63) is 70.7 Å². The summed E-state index contributed by atoms with van der Waals surface area (Å²) < 4.78 is 2.34. The maximum absolute atomic E-state index is 4.96. The highest BCUT2D eigenvalue weighted by Crippen LogP contribution is 2.24. The van der Waals surface area contributed by atoms with Gasteiger partial charge in [0.25, 0.3) is 0 Å². The highest BCUT2D eigenvalue weighted by molar-refractivity contribution is 7.13. The van der Waals surface area contributed by atoms with Crippen molar-refractivity contribution in [2.45, 2.75) is 39.3 Å². The lowest BCUT2D eigenvalue weighted by atomic mass is 10.1. The molecule has 1 aliphatic heterocycles. The Balaban J connectivity index is 0.00000152. The van der Waals surface area contributed by atoms with E-state index in [0.717, 1.165) is 62.2 Å². The van der Waals surface area contributed by atoms with Gasteiger partial charge in [-0.1, -0.05) is 30.3 Å². The van der Waals surface area contributed by atoms with Crippen LogP contribution in [0, 0.1) is 13.8 Å². The highest BCUT2D eigenvalue weighted by atomic mass is 35.5. The number of imidazole rings is 1. The Morgan fingerprint density at radius 1 is 1.00 bits per heavy atom. The van der Waals surface area contributed by atoms with Gasteiger partial charge in [-0.05, 0) is 55.5 Å². The third-order valence-electron chi connectivity index (χ3n) is 6.62. The van der Waals surface area contributed by atoms with Crippen LogP contribution < -0.4 is 10.6 Å². The summed E-state index contributed by atoms with van der Waals surface area (Å²) in [7, 11) is 0. The van der Waals surface area contributed by atoms with E-state index in [1.54, 1.807) is 11.3 Å². The Labute approximate surface area is 236 Å². The van der Waals surface area contributed by atoms with Crippen molar-refractivity contribution in [3.63, 3.8) is 0 Å². The molecule has 0 saturated carbocycles. The maximum Gasteiger partial charge on any atom is 0.204 e. The first-order chi connectivity index (χ1) is 16.2. The van der Waals surface area contributed by atoms with E-state index < -0.39 is 0 Å². The van der Waals surface area contributed by atoms with Gasteiger partial charge in [0, 0.05) is 43.8 Å². The number of para-hydroxylation sites is 2. The third-order valence-corrected chi connectivity index (χ3v) is 7.35. The topological polar surface area (TPSA) is 58.0 Å². The van der Waals surface area contributed by atoms with Gasteiger partial charge in [0.1, 0.15) is 0 Å². The van der Waals surface area contributed by atoms with Gasteiger partial charge < -0.3 is 20.1 Å². The van der Waals surface area contributed by atoms with Gasteiger partial charge in [-0.3, -0.25) is 0 Å². The highest BCUT2D eigenvalue weighted by Gasteiger charge is 2.21. The van der Waals surface area contributed by atoms with E-state index >= 15 is 0 Å². The van der Waals surface area contributed by atoms with Crippen LogP contribution in [0.3, 0.4) is 0 Å². The van der Waals surface area contributed by atoms with Crippen LogP contribution in [0.5, 0.6) is 0 Å². The van der Waals surface area contributed by atoms with Gasteiger partial charge in [0.05, 0.1) is 17.6 Å². The van der Waals surface area contributed by atoms with E-state index in [-0.39, 0.29) is 37.2 Å². The molecule has 0 spiro atoms. The van der Waals surface area contributed by atoms with Crippen LogP contribution >= 0.6 is 48.6 Å². The first-order valence-electron chi connectivity index (χ1n) is 11.8. The standard InChI is InChI=1S/C26H32N6S.3ClH/c1-19-7-8-21(17-20(19)2)18-32-24-6-4-3-5-23(24)30-25(32)29-22-9-13-31(14-10-22)15-11-27-26-28-12-16-33-26;;;/h3-8,12,16-17,22H,9-11,13-15,18H2,1-2H3,(H,27,28)(H,29,30);3*1H. The molecule has 3 heterocycles. The molecule has 36 heavy (non-hydrogen) atoms. The van der Waals surface area contributed by atoms with Gasteiger partial charge in [0.2, 0.25) is 5.95 Å². The molecule has 2 aromatic heterocycles. The molecule has 196 valence electrons. The van der Waals surface area contributed by atoms with E-state index in [0.29, 0.717) is 6.04 Å². The molecule has 2 N–H and O–H groups in total. The first kappa shape index (κ1) is 30.2. The van der Waals surface area contributed by atoms with Crippen molar-refractivity contribution < 1.29 is 0 Å². The Kier molecular flexibility index (Phi) is 11.8. The number of aryl methyl sites for hydroxylation is 2. The van der Waals surface area contributed by atoms with Crippen LogP contribution in [0.4, 0.5) is 11.1 Å². The van der Waals surface area contributed by atoms with Crippen molar-refractivity contribution in [2.75, 3.05) is 36.8 Å². The second-order valence-electron chi connectivity index (χ2n) is 8.95. The lowest BCUT2D eigenvalue weighted by molar-refractivity contribution is 0.226. The van der Waals surface area contributed by atoms with Gasteiger partial charge in [-0.25, -0.2) is 9.97 Å². The van der Waals surface area contributed by atoms with E-state index in [4.69, 9.17) is 4.98 Å². The number of fused-ring (bicyclic) bond motifs is 1. The van der Waals surface area contributed by atoms with Crippen molar-refractivity contribution >= 4 is 70.7 Å². The number of piperidine rings is 1. The Hall–Kier alpha value is -2.03. The summed E-state index contributed by atoms with van der Waals surface area (Å²) in [5.41, 5.74) is 6.22. The molecule has 1 saturated heterocycles. The minimum Gasteiger partial charge on any atom is -0.360 e. The summed E-state index contributed by atoms with van der Waals surface area (Å²) in [6.45, 7) is 9.38. The van der Waals surface area contributed by atoms with Gasteiger partial charge in [0.15, 0.2) is 5.13 Å². The lowest BCUT2D eigenvalue weighted by Crippen LogP contribution is -2.41. The van der Waals surface area contributed by atoms with E-state index in [9.17, 15) is 0 Å². The van der Waals surface area contributed by atoms with Crippen molar-refractivity contribution in [1.29, 1.82) is 0 Å². The Morgan fingerprint density at radius 3 is 2.50 bits per heavy atom. The van der Waals surface area contributed by atoms with Crippen LogP contribution in [0.2, 0.25) is 0 Å². The Morgan fingerprint density at radius 2 is 1.78 bits per heavy atom. The molecule has 2 aromatic carbocycles. The SMILES string of the molecule is Cc1ccc(Cn2c(NC3CCN(CCNc4nccs4)CC3)nc3ccccc32)cc1C.Cl.Cl.Cl. The quantitative estimate of drug-likeness (QED) is 0.257. The minimum absolute atomic E-state index is 0. The zero-order valence-electron chi connectivity index (χ0n) is 20.6. The number of hydrogen-bond acceptors (Lipinski definition) is 6. The molecular weight excluding hydrogens is 535 g/mol. The molecule has 1 fully saturated rings. The molecule has 1 aliphatic rings. The van der Waals surface area contributed by atoms with Crippen molar-refractivity contribution in [3.8, 4) is 0 Å². The molecule has 4 aromatic rings. The van der Waals surface area contributed by atoms with Crippen LogP contribution in [0.15, 0.2) is 54.0 Å². The molecule has 0 unspecified atom stereocenters. The van der Waals surface area contributed by atoms with Crippen LogP contribution in [-0.2, 0) is 6.54 Å². The molecule has 6 nitrogen and oxygen atoms in total. The predicted octanol–water partition coefficient (Wildman–Crippen LogP) is 6.41. The predicted molar refractivity (Wildman–Crippen MR) is 160 cm³/mol. The summed E-state index contributed by atoms with van der Waals surface area (Å²) in [6, 6.07) is 15.6. The number of thiazole rings is 1. The molecule has 10 heteroatoms. The second kappa shape index (κ2) is 14.1. The monoisotopic (exact) mass is 568 g/mol. The van der Waals surface area contributed by atoms with Crippen molar-refractivity contribution in [2.24, 2.45) is 0 Å². The summed E-state index contributed by atoms with van der Waals surface area (Å²) in [5.74, 6) is 0.985. The number of aromatic nitrogens is 3. The molecule has 0 amide bonds. The zero-order valence-corrected chi connectivity index (χ0v) is 23.9. The summed E-state index contributed by atoms with van der Waals surface area (Å²) in [5, 5.41) is 10.2. The number of anilines is 2. The third kappa shape index (κ3) is 7.26. The molecule has 5 rings (SSSR count). The lowest BCUT2D eigenvalue weighted by Gasteiger charge is -2.32. The fourth-order valence-corrected chi connectivity index (χ4v) is 5.10. The number of rotatable bonds is 8. The molecule has 0 radical (unpaired) electrons. The largest absolute Gasteiger partial charge is 0.360 e. The van der Waals surface area contributed by atoms with Crippen molar-refractivity contribution in [1.82, 2.24) is 19.4 Å². The van der Waals surface area contributed by atoms with Gasteiger partial charge >= 0.3 is 0 Å². The fraction of sp³-hybridized carbons (Fsp3) is 0.385. The van der Waals surface area contributed by atoms with Crippen LogP contribution in [-0.4, -0.2) is 51.7 Å². The summed E-state index contributed by atoms with van der Waals surface area (Å²) >= 11 is 1.66. The first-order valence-corrected chi connectivity index (χ1v) is 12.7. The molecule has 0 aliphatic carbocycles. The number of nitrogens with zero attached hydrogens (tertiary/aromatic N) is 4. The van der Waals surface area contributed by atoms with E-state index in [1.807, 2.05) is 11.6 Å². The summed E-state index contributed by atoms with van der Waals surface area (Å²) in [6.07, 6.45) is 4.10. The molecule has 0 bridgehead atoms. The average molecular weight is 570 g/mol. The fourth-order valence-electron chi connectivity index (χ4n) is 4.55. The smallest absolute Gasteiger partial charge is 0.204 e. The van der Waals surface area contributed by atoms with Crippen LogP contribution in [0.1, 0.15) is 29.5 Å². The normalized spacial score (nSPS) is 13.9. The number of halogens is 3. The molecular formula is C26H35Cl3N6S. The summed E-state index contributed by atoms with van der Waals surface area (Å²) in [4.78, 5) is 11.8. The maximum atomic E-state index is 4.96. The van der Waals surface area contributed by atoms with Crippen LogP contribution in [0.25, 0.3) is 11.0 Å². The average Bonchev–Trinajstić information content (AvgIpc) is 3.46. The Bertz CT molecular complexity index is 1210. The van der Waals surface area contributed by atoms with E-state index in [2.05, 4.69) is 81.4 Å². The zero-order chi connectivity index (χ0) is 22.6. The van der Waals surface area contributed by atoms with Gasteiger partial charge in [-0.15, -0.1) is 48.6 Å². The number of hydrogen-bond donors (Lipinski definition) is 2. The number of likely N-dealkylation sites (tertiary alicyclic amines) is 1. The second-order valence-corrected chi connectivity index (χ2v) is 9.85. The molecule has 0 atom stereocenters. The number of benzene rings is 2. The van der Waals surface area contributed by atoms with E-state index in [1.165, 1.54) is 22.2 Å². The number of nitrogens with one attached hydrogen (secondary N) is 2.